The number of likely N-dealkylation sites (N-methyl/N-ethyl adjacent to an activating group) is 1. The number of carbonyl (C=O) groups excluding carboxylic acids is 1. The molecule has 1 aliphatic heterocycles. The third-order valence-electron chi connectivity index (χ3n) is 4.67. The van der Waals surface area contributed by atoms with Gasteiger partial charge in [-0.1, -0.05) is 35.5 Å². The number of hydrogen-bond donors (Lipinski definition) is 2. The molecule has 2 N–H and O–H groups in total. The first-order valence-electron chi connectivity index (χ1n) is 9.42. The number of aromatic nitrogens is 1. The van der Waals surface area contributed by atoms with Gasteiger partial charge in [-0.05, 0) is 6.42 Å². The highest BCUT2D eigenvalue weighted by atomic mass is 16.5. The van der Waals surface area contributed by atoms with E-state index < -0.39 is 5.97 Å². The van der Waals surface area contributed by atoms with Gasteiger partial charge in [-0.25, -0.2) is 4.79 Å². The molecule has 0 saturated carbocycles. The zero-order chi connectivity index (χ0) is 22.1. The zero-order valence-electron chi connectivity index (χ0n) is 17.0. The van der Waals surface area contributed by atoms with Crippen molar-refractivity contribution in [3.8, 4) is 11.3 Å². The second-order valence-electron chi connectivity index (χ2n) is 6.89. The molecule has 30 heavy (non-hydrogen) atoms. The molecule has 1 amide bonds. The summed E-state index contributed by atoms with van der Waals surface area (Å²) in [6, 6.07) is 9.12. The van der Waals surface area contributed by atoms with Crippen LogP contribution in [-0.2, 0) is 9.59 Å². The van der Waals surface area contributed by atoms with E-state index in [2.05, 4.69) is 10.1 Å². The van der Waals surface area contributed by atoms with Crippen LogP contribution in [0.5, 0.6) is 0 Å². The van der Waals surface area contributed by atoms with Gasteiger partial charge in [0, 0.05) is 45.8 Å². The van der Waals surface area contributed by atoms with E-state index in [0.717, 1.165) is 13.0 Å². The summed E-state index contributed by atoms with van der Waals surface area (Å²) in [5.74, 6) is -0.388. The SMILES string of the molecule is CN(C)C(=O)CN1CCCN(c2noc(-c3ccccc3)c2C(=O)O)CC1.O=CO. The molecule has 2 heterocycles. The first-order chi connectivity index (χ1) is 14.4. The van der Waals surface area contributed by atoms with Crippen LogP contribution in [0.15, 0.2) is 34.9 Å². The van der Waals surface area contributed by atoms with Gasteiger partial charge in [0.1, 0.15) is 0 Å². The van der Waals surface area contributed by atoms with Crippen LogP contribution in [0.1, 0.15) is 16.8 Å². The third-order valence-corrected chi connectivity index (χ3v) is 4.67. The molecule has 1 saturated heterocycles. The van der Waals surface area contributed by atoms with E-state index in [4.69, 9.17) is 14.4 Å². The number of nitrogens with zero attached hydrogens (tertiary/aromatic N) is 4. The molecule has 1 fully saturated rings. The van der Waals surface area contributed by atoms with Crippen molar-refractivity contribution in [3.63, 3.8) is 0 Å². The summed E-state index contributed by atoms with van der Waals surface area (Å²) in [6.07, 6.45) is 0.813. The lowest BCUT2D eigenvalue weighted by Crippen LogP contribution is -2.38. The molecule has 1 aliphatic rings. The lowest BCUT2D eigenvalue weighted by molar-refractivity contribution is -0.129. The maximum absolute atomic E-state index is 11.9. The van der Waals surface area contributed by atoms with Gasteiger partial charge >= 0.3 is 5.97 Å². The average molecular weight is 418 g/mol. The number of carboxylic acids is 1. The lowest BCUT2D eigenvalue weighted by atomic mass is 10.1. The van der Waals surface area contributed by atoms with Crippen molar-refractivity contribution in [2.45, 2.75) is 6.42 Å². The average Bonchev–Trinajstić information content (AvgIpc) is 3.04. The summed E-state index contributed by atoms with van der Waals surface area (Å²) in [4.78, 5) is 37.8. The van der Waals surface area contributed by atoms with Crippen LogP contribution in [0.3, 0.4) is 0 Å². The van der Waals surface area contributed by atoms with Crippen molar-refractivity contribution in [2.75, 3.05) is 51.7 Å². The normalized spacial score (nSPS) is 14.3. The molecule has 3 rings (SSSR count). The Morgan fingerprint density at radius 2 is 1.83 bits per heavy atom. The van der Waals surface area contributed by atoms with Crippen molar-refractivity contribution in [1.82, 2.24) is 15.0 Å². The molecule has 1 aromatic carbocycles. The van der Waals surface area contributed by atoms with E-state index in [9.17, 15) is 14.7 Å². The quantitative estimate of drug-likeness (QED) is 0.691. The Morgan fingerprint density at radius 3 is 2.43 bits per heavy atom. The number of rotatable bonds is 5. The summed E-state index contributed by atoms with van der Waals surface area (Å²) < 4.78 is 5.41. The van der Waals surface area contributed by atoms with Crippen LogP contribution in [0.25, 0.3) is 11.3 Å². The number of amides is 1. The van der Waals surface area contributed by atoms with Crippen LogP contribution in [0, 0.1) is 0 Å². The molecular weight excluding hydrogens is 392 g/mol. The number of benzene rings is 1. The van der Waals surface area contributed by atoms with Crippen molar-refractivity contribution in [1.29, 1.82) is 0 Å². The molecule has 10 nitrogen and oxygen atoms in total. The highest BCUT2D eigenvalue weighted by Crippen LogP contribution is 2.31. The number of carbonyl (C=O) groups is 3. The van der Waals surface area contributed by atoms with Crippen molar-refractivity contribution in [2.24, 2.45) is 0 Å². The first-order valence-corrected chi connectivity index (χ1v) is 9.42. The Hall–Kier alpha value is -3.40. The number of anilines is 1. The Morgan fingerprint density at radius 1 is 1.17 bits per heavy atom. The van der Waals surface area contributed by atoms with Crippen LogP contribution in [0.4, 0.5) is 5.82 Å². The van der Waals surface area contributed by atoms with Gasteiger partial charge in [-0.3, -0.25) is 14.5 Å². The summed E-state index contributed by atoms with van der Waals surface area (Å²) in [7, 11) is 3.48. The molecule has 162 valence electrons. The van der Waals surface area contributed by atoms with E-state index in [-0.39, 0.29) is 23.7 Å². The molecule has 10 heteroatoms. The number of carboxylic acid groups (broad SMARTS) is 2. The molecule has 2 aromatic rings. The summed E-state index contributed by atoms with van der Waals surface area (Å²) >= 11 is 0. The standard InChI is InChI=1S/C19H24N4O4.CH2O2/c1-21(2)15(24)13-22-9-6-10-23(12-11-22)18-16(19(25)26)17(27-20-18)14-7-4-3-5-8-14;2-1-3/h3-5,7-8H,6,9-13H2,1-2H3,(H,25,26);1H,(H,2,3). The number of aromatic carboxylic acids is 1. The van der Waals surface area contributed by atoms with Gasteiger partial charge < -0.3 is 24.5 Å². The fourth-order valence-electron chi connectivity index (χ4n) is 3.15. The fraction of sp³-hybridized carbons (Fsp3) is 0.400. The van der Waals surface area contributed by atoms with Gasteiger partial charge in [0.2, 0.25) is 5.91 Å². The van der Waals surface area contributed by atoms with Crippen molar-refractivity contribution in [3.05, 3.63) is 35.9 Å². The van der Waals surface area contributed by atoms with E-state index in [1.165, 1.54) is 0 Å². The number of hydrogen-bond acceptors (Lipinski definition) is 7. The Labute approximate surface area is 174 Å². The summed E-state index contributed by atoms with van der Waals surface area (Å²) in [5.41, 5.74) is 0.765. The van der Waals surface area contributed by atoms with Crippen molar-refractivity contribution < 1.29 is 29.1 Å². The highest BCUT2D eigenvalue weighted by Gasteiger charge is 2.29. The minimum absolute atomic E-state index is 0.0578. The summed E-state index contributed by atoms with van der Waals surface area (Å²) in [6.45, 7) is 2.80. The third kappa shape index (κ3) is 5.80. The Kier molecular flexibility index (Phi) is 8.36. The fourth-order valence-corrected chi connectivity index (χ4v) is 3.15. The zero-order valence-corrected chi connectivity index (χ0v) is 17.0. The maximum Gasteiger partial charge on any atom is 0.343 e. The van der Waals surface area contributed by atoms with Crippen LogP contribution >= 0.6 is 0 Å². The van der Waals surface area contributed by atoms with Crippen LogP contribution < -0.4 is 4.90 Å². The smallest absolute Gasteiger partial charge is 0.343 e. The molecule has 0 aliphatic carbocycles. The topological polar surface area (TPSA) is 127 Å². The largest absolute Gasteiger partial charge is 0.483 e. The molecule has 0 bridgehead atoms. The molecule has 0 radical (unpaired) electrons. The maximum atomic E-state index is 11.9. The predicted octanol–water partition coefficient (Wildman–Crippen LogP) is 1.34. The van der Waals surface area contributed by atoms with Crippen LogP contribution in [-0.4, -0.2) is 90.3 Å². The van der Waals surface area contributed by atoms with Crippen molar-refractivity contribution >= 4 is 24.2 Å². The lowest BCUT2D eigenvalue weighted by Gasteiger charge is -2.22. The minimum Gasteiger partial charge on any atom is -0.483 e. The Balaban J connectivity index is 0.00000101. The monoisotopic (exact) mass is 418 g/mol. The van der Waals surface area contributed by atoms with Gasteiger partial charge in [0.25, 0.3) is 6.47 Å². The summed E-state index contributed by atoms with van der Waals surface area (Å²) in [5, 5.41) is 20.7. The van der Waals surface area contributed by atoms with Crippen LogP contribution in [0.2, 0.25) is 0 Å². The van der Waals surface area contributed by atoms with Gasteiger partial charge in [-0.2, -0.15) is 0 Å². The highest BCUT2D eigenvalue weighted by molar-refractivity contribution is 5.99. The molecule has 1 aromatic heterocycles. The van der Waals surface area contributed by atoms with E-state index in [1.807, 2.05) is 23.1 Å². The molecule has 0 unspecified atom stereocenters. The van der Waals surface area contributed by atoms with Gasteiger partial charge in [-0.15, -0.1) is 0 Å². The molecular formula is C20H26N4O6. The Bertz CT molecular complexity index is 852. The van der Waals surface area contributed by atoms with E-state index in [1.54, 1.807) is 31.1 Å². The predicted molar refractivity (Wildman–Crippen MR) is 110 cm³/mol. The van der Waals surface area contributed by atoms with E-state index in [0.29, 0.717) is 37.6 Å². The van der Waals surface area contributed by atoms with E-state index >= 15 is 0 Å². The molecule has 0 atom stereocenters. The second-order valence-corrected chi connectivity index (χ2v) is 6.89. The molecule has 0 spiro atoms. The first kappa shape index (κ1) is 22.9. The second kappa shape index (κ2) is 11.0. The van der Waals surface area contributed by atoms with Gasteiger partial charge in [0.05, 0.1) is 6.54 Å². The minimum atomic E-state index is -1.06. The van der Waals surface area contributed by atoms with Gasteiger partial charge in [0.15, 0.2) is 17.1 Å².